The molecule has 0 bridgehead atoms. The van der Waals surface area contributed by atoms with Crippen molar-refractivity contribution in [1.82, 2.24) is 0 Å². The largest absolute Gasteiger partial charge is 0.416 e. The Morgan fingerprint density at radius 2 is 0.765 bits per heavy atom. The molecule has 0 heterocycles. The minimum Gasteiger partial charge on any atom is -0.416 e. The molecule has 0 aliphatic rings. The van der Waals surface area contributed by atoms with Crippen LogP contribution >= 0.6 is 0 Å². The first kappa shape index (κ1) is 17.7. The third kappa shape index (κ3) is 10.3. The molecule has 0 aromatic carbocycles. The zero-order chi connectivity index (χ0) is 14.1. The van der Waals surface area contributed by atoms with Gasteiger partial charge in [-0.2, -0.15) is 0 Å². The maximum absolute atomic E-state index is 9.79. The van der Waals surface area contributed by atoms with Crippen LogP contribution in [0.2, 0.25) is 52.4 Å². The van der Waals surface area contributed by atoms with E-state index in [1.165, 1.54) is 0 Å². The van der Waals surface area contributed by atoms with E-state index in [1.54, 1.807) is 26.2 Å². The molecule has 0 rings (SSSR count). The Labute approximate surface area is 109 Å². The van der Waals surface area contributed by atoms with E-state index in [0.717, 1.165) is 0 Å². The van der Waals surface area contributed by atoms with Crippen LogP contribution in [-0.4, -0.2) is 43.8 Å². The van der Waals surface area contributed by atoms with Crippen LogP contribution in [0.25, 0.3) is 0 Å². The van der Waals surface area contributed by atoms with Gasteiger partial charge in [0.15, 0.2) is 0 Å². The average molecular weight is 315 g/mol. The van der Waals surface area contributed by atoms with Crippen LogP contribution in [0.15, 0.2) is 0 Å². The smallest absolute Gasteiger partial charge is 0.320 e. The zero-order valence-electron chi connectivity index (χ0n) is 12.1. The molecule has 0 unspecified atom stereocenters. The molecule has 5 nitrogen and oxygen atoms in total. The highest BCUT2D eigenvalue weighted by molar-refractivity contribution is 6.87. The molecule has 0 saturated carbocycles. The maximum Gasteiger partial charge on any atom is 0.320 e. The van der Waals surface area contributed by atoms with Gasteiger partial charge in [0.1, 0.15) is 0 Å². The summed E-state index contributed by atoms with van der Waals surface area (Å²) < 4.78 is 17.3. The fourth-order valence-electron chi connectivity index (χ4n) is 1.84. The van der Waals surface area contributed by atoms with Crippen LogP contribution in [-0.2, 0) is 12.3 Å². The van der Waals surface area contributed by atoms with Gasteiger partial charge in [0, 0.05) is 0 Å². The van der Waals surface area contributed by atoms with Crippen molar-refractivity contribution in [1.29, 1.82) is 0 Å². The van der Waals surface area contributed by atoms with Crippen molar-refractivity contribution < 1.29 is 21.9 Å². The second-order valence-corrected chi connectivity index (χ2v) is 19.8. The van der Waals surface area contributed by atoms with Crippen LogP contribution in [0.4, 0.5) is 0 Å². The van der Waals surface area contributed by atoms with Gasteiger partial charge in [-0.1, -0.05) is 0 Å². The molecule has 0 aromatic heterocycles. The highest BCUT2D eigenvalue weighted by Gasteiger charge is 2.42. The van der Waals surface area contributed by atoms with E-state index in [-0.39, 0.29) is 0 Å². The van der Waals surface area contributed by atoms with Crippen LogP contribution in [0, 0.1) is 0 Å². The van der Waals surface area contributed by atoms with Crippen molar-refractivity contribution in [3.8, 4) is 0 Å². The summed E-state index contributed by atoms with van der Waals surface area (Å²) in [6.07, 6.45) is 0. The van der Waals surface area contributed by atoms with E-state index < -0.39 is 34.2 Å². The van der Waals surface area contributed by atoms with Crippen molar-refractivity contribution in [2.75, 3.05) is 0 Å². The molecule has 0 spiro atoms. The van der Waals surface area contributed by atoms with Crippen LogP contribution < -0.4 is 0 Å². The van der Waals surface area contributed by atoms with Gasteiger partial charge in [-0.3, -0.25) is 0 Å². The molecule has 9 heteroatoms. The predicted octanol–water partition coefficient (Wildman–Crippen LogP) is 1.83. The lowest BCUT2D eigenvalue weighted by atomic mass is 11.9. The molecule has 0 saturated heterocycles. The van der Waals surface area contributed by atoms with E-state index in [9.17, 15) is 9.59 Å². The highest BCUT2D eigenvalue weighted by atomic mass is 28.5. The lowest BCUT2D eigenvalue weighted by Gasteiger charge is -2.38. The molecule has 0 amide bonds. The Morgan fingerprint density at radius 1 is 0.529 bits per heavy atom. The van der Waals surface area contributed by atoms with Crippen molar-refractivity contribution >= 4 is 34.2 Å². The topological polar surface area (TPSA) is 68.2 Å². The lowest BCUT2D eigenvalue weighted by Crippen LogP contribution is -2.56. The van der Waals surface area contributed by atoms with Crippen LogP contribution in [0.3, 0.4) is 0 Å². The lowest BCUT2D eigenvalue weighted by molar-refractivity contribution is 0.278. The Kier molecular flexibility index (Phi) is 5.55. The van der Waals surface area contributed by atoms with Crippen LogP contribution in [0.5, 0.6) is 0 Å². The standard InChI is InChI=1S/C8H26O5Si4/c1-14(2,9)11-16(5,6)13-17(7,8)12-15(3,4)10/h9-10H,1-8H3. The van der Waals surface area contributed by atoms with Crippen molar-refractivity contribution in [3.05, 3.63) is 0 Å². The third-order valence-corrected chi connectivity index (χ3v) is 13.3. The summed E-state index contributed by atoms with van der Waals surface area (Å²) in [6, 6.07) is 0. The minimum atomic E-state index is -2.60. The zero-order valence-corrected chi connectivity index (χ0v) is 16.1. The molecule has 0 atom stereocenters. The van der Waals surface area contributed by atoms with Crippen molar-refractivity contribution in [2.45, 2.75) is 52.4 Å². The monoisotopic (exact) mass is 314 g/mol. The number of hydrogen-bond donors (Lipinski definition) is 2. The van der Waals surface area contributed by atoms with Gasteiger partial charge in [-0.25, -0.2) is 0 Å². The van der Waals surface area contributed by atoms with Gasteiger partial charge in [0.2, 0.25) is 0 Å². The summed E-state index contributed by atoms with van der Waals surface area (Å²) in [5.41, 5.74) is 0. The first-order valence-electron chi connectivity index (χ1n) is 5.67. The Bertz CT molecular complexity index is 230. The summed E-state index contributed by atoms with van der Waals surface area (Å²) in [5, 5.41) is 0. The Hall–Kier alpha value is 0.668. The van der Waals surface area contributed by atoms with E-state index in [1.807, 2.05) is 26.2 Å². The highest BCUT2D eigenvalue weighted by Crippen LogP contribution is 2.22. The molecule has 0 aliphatic carbocycles. The Morgan fingerprint density at radius 3 is 0.941 bits per heavy atom. The molecule has 2 N–H and O–H groups in total. The minimum absolute atomic E-state index is 1.71. The maximum atomic E-state index is 9.79. The quantitative estimate of drug-likeness (QED) is 0.732. The fraction of sp³-hybridized carbons (Fsp3) is 1.00. The molecular weight excluding hydrogens is 288 g/mol. The number of hydrogen-bond acceptors (Lipinski definition) is 5. The van der Waals surface area contributed by atoms with Gasteiger partial charge in [0.25, 0.3) is 0 Å². The molecule has 0 aromatic rings. The summed E-state index contributed by atoms with van der Waals surface area (Å²) in [5.74, 6) is 0. The van der Waals surface area contributed by atoms with E-state index in [2.05, 4.69) is 0 Å². The molecule has 0 fully saturated rings. The summed E-state index contributed by atoms with van der Waals surface area (Å²) >= 11 is 0. The SMILES string of the molecule is C[Si](C)(O)O[Si](C)(C)O[Si](C)(C)O[Si](C)(C)O. The van der Waals surface area contributed by atoms with Crippen molar-refractivity contribution in [2.24, 2.45) is 0 Å². The second-order valence-electron chi connectivity index (χ2n) is 6.00. The summed E-state index contributed by atoms with van der Waals surface area (Å²) in [4.78, 5) is 19.6. The van der Waals surface area contributed by atoms with Crippen molar-refractivity contribution in [3.63, 3.8) is 0 Å². The first-order chi connectivity index (χ1) is 7.12. The normalized spacial score (nSPS) is 15.2. The van der Waals surface area contributed by atoms with Gasteiger partial charge in [0.05, 0.1) is 0 Å². The number of rotatable bonds is 6. The van der Waals surface area contributed by atoms with E-state index >= 15 is 0 Å². The van der Waals surface area contributed by atoms with E-state index in [4.69, 9.17) is 12.3 Å². The molecule has 17 heavy (non-hydrogen) atoms. The van der Waals surface area contributed by atoms with E-state index in [0.29, 0.717) is 0 Å². The molecular formula is C8H26O5Si4. The first-order valence-corrected chi connectivity index (χ1v) is 17.0. The van der Waals surface area contributed by atoms with Crippen LogP contribution in [0.1, 0.15) is 0 Å². The van der Waals surface area contributed by atoms with Gasteiger partial charge in [-0.05, 0) is 52.4 Å². The predicted molar refractivity (Wildman–Crippen MR) is 77.6 cm³/mol. The van der Waals surface area contributed by atoms with Gasteiger partial charge < -0.3 is 21.9 Å². The van der Waals surface area contributed by atoms with Gasteiger partial charge >= 0.3 is 34.2 Å². The summed E-state index contributed by atoms with van der Waals surface area (Å²) in [6.45, 7) is 14.4. The molecule has 104 valence electrons. The summed E-state index contributed by atoms with van der Waals surface area (Å²) in [7, 11) is -10.0. The molecule has 0 radical (unpaired) electrons. The second kappa shape index (κ2) is 5.34. The Balaban J connectivity index is 4.59. The van der Waals surface area contributed by atoms with Gasteiger partial charge in [-0.15, -0.1) is 0 Å². The fourth-order valence-corrected chi connectivity index (χ4v) is 17.3. The third-order valence-electron chi connectivity index (χ3n) is 1.48. The average Bonchev–Trinajstić information content (AvgIpc) is 1.65. The molecule has 0 aliphatic heterocycles.